The maximum atomic E-state index is 12.7. The number of pyridine rings is 1. The van der Waals surface area contributed by atoms with Gasteiger partial charge in [0.1, 0.15) is 5.65 Å². The SMILES string of the molecule is O=C(NC1CCCCC1)N1CC=C(c2cc3c(Nc4ccc5ncsc5c4)ccnc3[nH]2)CC1. The second-order valence-corrected chi connectivity index (χ2v) is 10.1. The van der Waals surface area contributed by atoms with Crippen LogP contribution in [0.3, 0.4) is 0 Å². The third-order valence-corrected chi connectivity index (χ3v) is 7.71. The first kappa shape index (κ1) is 21.2. The number of carbonyl (C=O) groups is 1. The molecule has 1 saturated carbocycles. The number of nitrogens with one attached hydrogen (secondary N) is 3. The van der Waals surface area contributed by atoms with Crippen LogP contribution < -0.4 is 10.6 Å². The number of rotatable bonds is 4. The average Bonchev–Trinajstić information content (AvgIpc) is 3.52. The van der Waals surface area contributed by atoms with Gasteiger partial charge in [0.2, 0.25) is 0 Å². The molecule has 174 valence electrons. The van der Waals surface area contributed by atoms with E-state index < -0.39 is 0 Å². The number of H-pyrrole nitrogens is 1. The summed E-state index contributed by atoms with van der Waals surface area (Å²) >= 11 is 1.64. The Balaban J connectivity index is 1.17. The van der Waals surface area contributed by atoms with Gasteiger partial charge in [-0.1, -0.05) is 25.3 Å². The fourth-order valence-electron chi connectivity index (χ4n) is 5.01. The summed E-state index contributed by atoms with van der Waals surface area (Å²) in [5.41, 5.74) is 8.10. The predicted molar refractivity (Wildman–Crippen MR) is 139 cm³/mol. The molecule has 1 fully saturated rings. The van der Waals surface area contributed by atoms with Crippen molar-refractivity contribution in [1.29, 1.82) is 0 Å². The topological polar surface area (TPSA) is 85.9 Å². The number of hydrogen-bond acceptors (Lipinski definition) is 5. The Morgan fingerprint density at radius 1 is 1.12 bits per heavy atom. The normalized spacial score (nSPS) is 17.2. The molecule has 0 spiro atoms. The smallest absolute Gasteiger partial charge is 0.317 e. The van der Waals surface area contributed by atoms with E-state index in [1.165, 1.54) is 24.8 Å². The van der Waals surface area contributed by atoms with E-state index >= 15 is 0 Å². The van der Waals surface area contributed by atoms with Crippen LogP contribution in [0.2, 0.25) is 0 Å². The molecule has 34 heavy (non-hydrogen) atoms. The molecule has 7 nitrogen and oxygen atoms in total. The number of amides is 2. The summed E-state index contributed by atoms with van der Waals surface area (Å²) in [6, 6.07) is 10.8. The Hall–Kier alpha value is -3.39. The van der Waals surface area contributed by atoms with Gasteiger partial charge in [0.25, 0.3) is 0 Å². The molecule has 0 bridgehead atoms. The van der Waals surface area contributed by atoms with Gasteiger partial charge in [0, 0.05) is 42.1 Å². The van der Waals surface area contributed by atoms with Gasteiger partial charge in [-0.2, -0.15) is 0 Å². The molecule has 2 amide bonds. The summed E-state index contributed by atoms with van der Waals surface area (Å²) in [5, 5.41) is 7.83. The molecule has 6 rings (SSSR count). The summed E-state index contributed by atoms with van der Waals surface area (Å²) in [5.74, 6) is 0. The quantitative estimate of drug-likeness (QED) is 0.338. The molecule has 0 saturated heterocycles. The lowest BCUT2D eigenvalue weighted by molar-refractivity contribution is 0.195. The average molecular weight is 473 g/mol. The summed E-state index contributed by atoms with van der Waals surface area (Å²) in [4.78, 5) is 27.0. The maximum Gasteiger partial charge on any atom is 0.317 e. The molecule has 0 radical (unpaired) electrons. The number of anilines is 2. The first-order valence-electron chi connectivity index (χ1n) is 12.1. The first-order chi connectivity index (χ1) is 16.7. The van der Waals surface area contributed by atoms with Crippen molar-refractivity contribution in [3.8, 4) is 0 Å². The number of benzene rings is 1. The molecule has 1 aromatic carbocycles. The molecule has 1 aliphatic carbocycles. The van der Waals surface area contributed by atoms with Gasteiger partial charge in [-0.3, -0.25) is 0 Å². The number of thiazole rings is 1. The van der Waals surface area contributed by atoms with Crippen molar-refractivity contribution in [2.45, 2.75) is 44.6 Å². The van der Waals surface area contributed by atoms with Crippen molar-refractivity contribution in [1.82, 2.24) is 25.2 Å². The molecule has 3 N–H and O–H groups in total. The summed E-state index contributed by atoms with van der Waals surface area (Å²) < 4.78 is 1.16. The van der Waals surface area contributed by atoms with Gasteiger partial charge in [0.15, 0.2) is 0 Å². The summed E-state index contributed by atoms with van der Waals surface area (Å²) in [7, 11) is 0. The molecule has 0 atom stereocenters. The molecular formula is C26H28N6OS. The number of fused-ring (bicyclic) bond motifs is 2. The largest absolute Gasteiger partial charge is 0.355 e. The third kappa shape index (κ3) is 4.25. The van der Waals surface area contributed by atoms with Crippen LogP contribution in [0.15, 0.2) is 48.1 Å². The number of urea groups is 1. The van der Waals surface area contributed by atoms with Crippen LogP contribution >= 0.6 is 11.3 Å². The summed E-state index contributed by atoms with van der Waals surface area (Å²) in [6.45, 7) is 1.36. The second kappa shape index (κ2) is 9.10. The van der Waals surface area contributed by atoms with Crippen LogP contribution in [0.5, 0.6) is 0 Å². The van der Waals surface area contributed by atoms with E-state index in [0.29, 0.717) is 12.6 Å². The van der Waals surface area contributed by atoms with Crippen LogP contribution in [0.25, 0.3) is 26.8 Å². The highest BCUT2D eigenvalue weighted by molar-refractivity contribution is 7.16. The highest BCUT2D eigenvalue weighted by atomic mass is 32.1. The van der Waals surface area contributed by atoms with E-state index in [0.717, 1.165) is 64.1 Å². The van der Waals surface area contributed by atoms with Crippen LogP contribution in [-0.4, -0.2) is 45.0 Å². The third-order valence-electron chi connectivity index (χ3n) is 6.92. The summed E-state index contributed by atoms with van der Waals surface area (Å²) in [6.07, 6.45) is 10.8. The van der Waals surface area contributed by atoms with E-state index in [2.05, 4.69) is 49.9 Å². The zero-order valence-corrected chi connectivity index (χ0v) is 19.8. The molecule has 4 heterocycles. The minimum atomic E-state index is 0.0740. The van der Waals surface area contributed by atoms with Crippen molar-refractivity contribution >= 4 is 55.6 Å². The monoisotopic (exact) mass is 472 g/mol. The van der Waals surface area contributed by atoms with Gasteiger partial charge in [0.05, 0.1) is 21.4 Å². The fraction of sp³-hybridized carbons (Fsp3) is 0.346. The van der Waals surface area contributed by atoms with Crippen molar-refractivity contribution < 1.29 is 4.79 Å². The highest BCUT2D eigenvalue weighted by Gasteiger charge is 2.22. The van der Waals surface area contributed by atoms with Crippen molar-refractivity contribution in [3.63, 3.8) is 0 Å². The molecule has 1 aliphatic heterocycles. The second-order valence-electron chi connectivity index (χ2n) is 9.17. The number of aromatic nitrogens is 3. The number of nitrogens with zero attached hydrogens (tertiary/aromatic N) is 3. The first-order valence-corrected chi connectivity index (χ1v) is 12.9. The van der Waals surface area contributed by atoms with Gasteiger partial charge < -0.3 is 20.5 Å². The van der Waals surface area contributed by atoms with Crippen LogP contribution in [0.1, 0.15) is 44.2 Å². The van der Waals surface area contributed by atoms with E-state index in [-0.39, 0.29) is 6.03 Å². The highest BCUT2D eigenvalue weighted by Crippen LogP contribution is 2.31. The van der Waals surface area contributed by atoms with Crippen molar-refractivity contribution in [2.75, 3.05) is 18.4 Å². The van der Waals surface area contributed by atoms with Crippen LogP contribution in [-0.2, 0) is 0 Å². The zero-order valence-electron chi connectivity index (χ0n) is 19.0. The fourth-order valence-corrected chi connectivity index (χ4v) is 5.72. The molecular weight excluding hydrogens is 444 g/mol. The lowest BCUT2D eigenvalue weighted by atomic mass is 9.96. The zero-order chi connectivity index (χ0) is 22.9. The van der Waals surface area contributed by atoms with E-state index in [9.17, 15) is 4.79 Å². The van der Waals surface area contributed by atoms with Gasteiger partial charge in [-0.25, -0.2) is 14.8 Å². The minimum absolute atomic E-state index is 0.0740. The van der Waals surface area contributed by atoms with E-state index in [1.807, 2.05) is 28.7 Å². The van der Waals surface area contributed by atoms with Gasteiger partial charge >= 0.3 is 6.03 Å². The lowest BCUT2D eigenvalue weighted by Gasteiger charge is -2.30. The molecule has 0 unspecified atom stereocenters. The maximum absolute atomic E-state index is 12.7. The standard InChI is InChI=1S/C26H28N6OS/c33-26(30-18-4-2-1-3-5-18)32-12-9-17(10-13-32)23-15-20-21(8-11-27-25(20)31-23)29-19-6-7-22-24(14-19)34-16-28-22/h6-9,11,14-16,18H,1-5,10,12-13H2,(H,30,33)(H2,27,29,31). The van der Waals surface area contributed by atoms with Crippen LogP contribution in [0.4, 0.5) is 16.2 Å². The predicted octanol–water partition coefficient (Wildman–Crippen LogP) is 6.05. The van der Waals surface area contributed by atoms with Crippen molar-refractivity contribution in [3.05, 3.63) is 53.8 Å². The van der Waals surface area contributed by atoms with Gasteiger partial charge in [-0.05, 0) is 55.2 Å². The Morgan fingerprint density at radius 2 is 2.03 bits per heavy atom. The molecule has 2 aliphatic rings. The van der Waals surface area contributed by atoms with Crippen LogP contribution in [0, 0.1) is 0 Å². The Morgan fingerprint density at radius 3 is 2.88 bits per heavy atom. The van der Waals surface area contributed by atoms with E-state index in [4.69, 9.17) is 0 Å². The number of aromatic amines is 1. The van der Waals surface area contributed by atoms with Gasteiger partial charge in [-0.15, -0.1) is 11.3 Å². The number of carbonyl (C=O) groups excluding carboxylic acids is 1. The molecule has 4 aromatic rings. The van der Waals surface area contributed by atoms with E-state index in [1.54, 1.807) is 11.3 Å². The molecule has 8 heteroatoms. The Bertz CT molecular complexity index is 1370. The number of hydrogen-bond donors (Lipinski definition) is 3. The van der Waals surface area contributed by atoms with Crippen molar-refractivity contribution in [2.24, 2.45) is 0 Å². The Labute approximate surface area is 202 Å². The lowest BCUT2D eigenvalue weighted by Crippen LogP contribution is -2.46. The minimum Gasteiger partial charge on any atom is -0.355 e. The molecule has 3 aromatic heterocycles. The Kier molecular flexibility index (Phi) is 5.66.